The molecule has 2 heterocycles. The lowest BCUT2D eigenvalue weighted by Crippen LogP contribution is -1.93. The summed E-state index contributed by atoms with van der Waals surface area (Å²) >= 11 is 0. The number of anilines is 2. The van der Waals surface area contributed by atoms with E-state index in [0.717, 1.165) is 0 Å². The lowest BCUT2D eigenvalue weighted by atomic mass is 10.6. The molecule has 0 saturated carbocycles. The van der Waals surface area contributed by atoms with Gasteiger partial charge in [-0.05, 0) is 0 Å². The monoisotopic (exact) mass is 138 g/mol. The van der Waals surface area contributed by atoms with E-state index >= 15 is 0 Å². The fourth-order valence-electron chi connectivity index (χ4n) is 0.821. The molecule has 0 aliphatic rings. The lowest BCUT2D eigenvalue weighted by Gasteiger charge is -1.81. The Morgan fingerprint density at radius 3 is 3.00 bits per heavy atom. The summed E-state index contributed by atoms with van der Waals surface area (Å²) in [7, 11) is 0. The molecule has 0 spiro atoms. The molecule has 10 heavy (non-hydrogen) atoms. The molecule has 0 aromatic carbocycles. The van der Waals surface area contributed by atoms with Gasteiger partial charge in [-0.15, -0.1) is 5.10 Å². The zero-order valence-corrected chi connectivity index (χ0v) is 5.11. The molecule has 2 rings (SSSR count). The van der Waals surface area contributed by atoms with Crippen LogP contribution in [-0.2, 0) is 0 Å². The van der Waals surface area contributed by atoms with Crippen LogP contribution in [-0.4, -0.2) is 9.61 Å². The number of nitrogens with two attached hydrogens (primary N) is 2. The molecule has 0 radical (unpaired) electrons. The normalized spacial score (nSPS) is 10.8. The second-order valence-corrected chi connectivity index (χ2v) is 1.98. The second kappa shape index (κ2) is 1.44. The Hall–Kier alpha value is -1.65. The Morgan fingerprint density at radius 2 is 2.30 bits per heavy atom. The first-order chi connectivity index (χ1) is 4.77. The number of hydrogen-bond acceptors (Lipinski definition) is 4. The van der Waals surface area contributed by atoms with Crippen LogP contribution in [0.1, 0.15) is 0 Å². The molecule has 52 valence electrons. The van der Waals surface area contributed by atoms with Gasteiger partial charge < -0.3 is 15.9 Å². The number of nitrogen functional groups attached to an aromatic ring is 2. The zero-order chi connectivity index (χ0) is 7.14. The minimum Gasteiger partial charge on any atom is -0.443 e. The molecule has 4 N–H and O–H groups in total. The van der Waals surface area contributed by atoms with Crippen molar-refractivity contribution < 1.29 is 4.42 Å². The highest BCUT2D eigenvalue weighted by atomic mass is 16.3. The fourth-order valence-corrected chi connectivity index (χ4v) is 0.821. The molecule has 0 aliphatic carbocycles. The van der Waals surface area contributed by atoms with Crippen molar-refractivity contribution in [2.75, 3.05) is 11.5 Å². The summed E-state index contributed by atoms with van der Waals surface area (Å²) in [5, 5.41) is 3.85. The molecule has 5 heteroatoms. The number of nitrogens with zero attached hydrogens (tertiary/aromatic N) is 2. The third-order valence-corrected chi connectivity index (χ3v) is 1.24. The van der Waals surface area contributed by atoms with Crippen LogP contribution >= 0.6 is 0 Å². The largest absolute Gasteiger partial charge is 0.443 e. The number of fused-ring (bicyclic) bond motifs is 1. The van der Waals surface area contributed by atoms with Gasteiger partial charge in [0.25, 0.3) is 0 Å². The summed E-state index contributed by atoms with van der Waals surface area (Å²) in [6.45, 7) is 0. The van der Waals surface area contributed by atoms with Gasteiger partial charge in [0.05, 0.1) is 0 Å². The maximum absolute atomic E-state index is 5.44. The molecule has 0 saturated heterocycles. The van der Waals surface area contributed by atoms with Gasteiger partial charge in [0, 0.05) is 6.07 Å². The molecule has 0 bridgehead atoms. The molecule has 2 aromatic heterocycles. The summed E-state index contributed by atoms with van der Waals surface area (Å²) in [5.74, 6) is 0.859. The SMILES string of the molecule is Nc1cc2occ(N)n2n1. The Kier molecular flexibility index (Phi) is 0.743. The molecule has 0 atom stereocenters. The number of oxazole rings is 1. The lowest BCUT2D eigenvalue weighted by molar-refractivity contribution is 0.607. The third-order valence-electron chi connectivity index (χ3n) is 1.24. The van der Waals surface area contributed by atoms with E-state index in [1.807, 2.05) is 0 Å². The predicted molar refractivity (Wildman–Crippen MR) is 36.3 cm³/mol. The van der Waals surface area contributed by atoms with Crippen LogP contribution in [0.25, 0.3) is 5.71 Å². The van der Waals surface area contributed by atoms with Crippen LogP contribution in [0.5, 0.6) is 0 Å². The van der Waals surface area contributed by atoms with Gasteiger partial charge in [0.15, 0.2) is 5.82 Å². The van der Waals surface area contributed by atoms with Crippen molar-refractivity contribution in [1.29, 1.82) is 0 Å². The summed E-state index contributed by atoms with van der Waals surface area (Å²) in [6.07, 6.45) is 1.42. The maximum atomic E-state index is 5.44. The van der Waals surface area contributed by atoms with Crippen LogP contribution in [0.3, 0.4) is 0 Å². The van der Waals surface area contributed by atoms with Gasteiger partial charge in [-0.1, -0.05) is 0 Å². The highest BCUT2D eigenvalue weighted by Crippen LogP contribution is 2.13. The van der Waals surface area contributed by atoms with E-state index in [1.54, 1.807) is 6.07 Å². The third kappa shape index (κ3) is 0.485. The van der Waals surface area contributed by atoms with Crippen molar-refractivity contribution in [3.05, 3.63) is 12.3 Å². The Labute approximate surface area is 56.2 Å². The maximum Gasteiger partial charge on any atom is 0.225 e. The first kappa shape index (κ1) is 5.16. The van der Waals surface area contributed by atoms with Crippen molar-refractivity contribution in [1.82, 2.24) is 9.61 Å². The molecular weight excluding hydrogens is 132 g/mol. The Bertz CT molecular complexity index is 360. The molecule has 0 fully saturated rings. The van der Waals surface area contributed by atoms with Gasteiger partial charge >= 0.3 is 0 Å². The summed E-state index contributed by atoms with van der Waals surface area (Å²) in [6, 6.07) is 1.61. The molecule has 0 aliphatic heterocycles. The summed E-state index contributed by atoms with van der Waals surface area (Å²) in [4.78, 5) is 0. The molecule has 5 nitrogen and oxygen atoms in total. The van der Waals surface area contributed by atoms with Crippen molar-refractivity contribution in [2.45, 2.75) is 0 Å². The Morgan fingerprint density at radius 1 is 1.50 bits per heavy atom. The highest BCUT2D eigenvalue weighted by Gasteiger charge is 2.03. The number of aromatic nitrogens is 2. The predicted octanol–water partition coefficient (Wildman–Crippen LogP) is 0.0917. The van der Waals surface area contributed by atoms with Crippen molar-refractivity contribution >= 4 is 17.3 Å². The Balaban J connectivity index is 2.90. The molecule has 0 unspecified atom stereocenters. The fraction of sp³-hybridized carbons (Fsp3) is 0. The highest BCUT2D eigenvalue weighted by molar-refractivity contribution is 5.50. The smallest absolute Gasteiger partial charge is 0.225 e. The van der Waals surface area contributed by atoms with E-state index in [-0.39, 0.29) is 0 Å². The average molecular weight is 138 g/mol. The number of hydrogen-bond donors (Lipinski definition) is 2. The zero-order valence-electron chi connectivity index (χ0n) is 5.11. The van der Waals surface area contributed by atoms with Gasteiger partial charge in [-0.2, -0.15) is 4.52 Å². The first-order valence-corrected chi connectivity index (χ1v) is 2.75. The van der Waals surface area contributed by atoms with Crippen LogP contribution in [0.15, 0.2) is 16.7 Å². The van der Waals surface area contributed by atoms with Crippen molar-refractivity contribution in [3.8, 4) is 0 Å². The minimum absolute atomic E-state index is 0.408. The summed E-state index contributed by atoms with van der Waals surface area (Å²) in [5.41, 5.74) is 11.4. The van der Waals surface area contributed by atoms with Gasteiger partial charge in [-0.3, -0.25) is 0 Å². The topological polar surface area (TPSA) is 82.5 Å². The molecular formula is C5H6N4O. The van der Waals surface area contributed by atoms with E-state index in [4.69, 9.17) is 15.9 Å². The first-order valence-electron chi connectivity index (χ1n) is 2.75. The van der Waals surface area contributed by atoms with Crippen molar-refractivity contribution in [3.63, 3.8) is 0 Å². The van der Waals surface area contributed by atoms with Crippen LogP contribution in [0.2, 0.25) is 0 Å². The van der Waals surface area contributed by atoms with E-state index in [9.17, 15) is 0 Å². The number of rotatable bonds is 0. The van der Waals surface area contributed by atoms with E-state index in [1.165, 1.54) is 10.8 Å². The average Bonchev–Trinajstić information content (AvgIpc) is 2.35. The minimum atomic E-state index is 0.408. The van der Waals surface area contributed by atoms with Crippen molar-refractivity contribution in [2.24, 2.45) is 0 Å². The van der Waals surface area contributed by atoms with E-state index < -0.39 is 0 Å². The van der Waals surface area contributed by atoms with Gasteiger partial charge in [-0.25, -0.2) is 0 Å². The van der Waals surface area contributed by atoms with E-state index in [0.29, 0.717) is 17.3 Å². The quantitative estimate of drug-likeness (QED) is 0.540. The van der Waals surface area contributed by atoms with Crippen LogP contribution in [0, 0.1) is 0 Å². The van der Waals surface area contributed by atoms with Gasteiger partial charge in [0.2, 0.25) is 5.71 Å². The second-order valence-electron chi connectivity index (χ2n) is 1.98. The standard InChI is InChI=1S/C5H6N4O/c6-3-1-5-9(8-3)4(7)2-10-5/h1-2H,7H2,(H2,6,8). The van der Waals surface area contributed by atoms with Crippen LogP contribution in [0.4, 0.5) is 11.6 Å². The molecule has 2 aromatic rings. The van der Waals surface area contributed by atoms with Crippen LogP contribution < -0.4 is 11.5 Å². The van der Waals surface area contributed by atoms with Gasteiger partial charge in [0.1, 0.15) is 12.1 Å². The molecule has 0 amide bonds. The van der Waals surface area contributed by atoms with E-state index in [2.05, 4.69) is 5.10 Å². The summed E-state index contributed by atoms with van der Waals surface area (Å²) < 4.78 is 6.40.